The van der Waals surface area contributed by atoms with Crippen LogP contribution >= 0.6 is 11.6 Å². The molecule has 2 unspecified atom stereocenters. The number of nitrogens with zero attached hydrogens (tertiary/aromatic N) is 3. The zero-order valence-electron chi connectivity index (χ0n) is 16.3. The molecule has 1 aromatic heterocycles. The first-order chi connectivity index (χ1) is 14.1. The van der Waals surface area contributed by atoms with Gasteiger partial charge in [0, 0.05) is 47.7 Å². The molecule has 1 aliphatic heterocycles. The minimum atomic E-state index is -0.330. The van der Waals surface area contributed by atoms with Crippen molar-refractivity contribution in [3.05, 3.63) is 94.8 Å². The second kappa shape index (κ2) is 8.93. The second-order valence-electron chi connectivity index (χ2n) is 7.30. The molecule has 29 heavy (non-hydrogen) atoms. The molecular weight excluding hydrogens is 382 g/mol. The summed E-state index contributed by atoms with van der Waals surface area (Å²) in [6.07, 6.45) is 2.88. The molecule has 0 bridgehead atoms. The standard InChI is InChI=1S/C23H26ClN5/c24-18-9-10-20-21(16-18)28(14-11-17-6-2-1-3-7-17)23(26)29(22(20)25)15-12-19-8-4-5-13-27-19/h1-10,13,16,22-23H,11-12,14-15,25-26H2. The molecule has 4 rings (SSSR count). The third-order valence-corrected chi connectivity index (χ3v) is 5.71. The van der Waals surface area contributed by atoms with Crippen LogP contribution in [0.5, 0.6) is 0 Å². The molecule has 0 radical (unpaired) electrons. The SMILES string of the molecule is NC1c2ccc(Cl)cc2N(CCc2ccccc2)C(N)N1CCc1ccccn1. The van der Waals surface area contributed by atoms with Crippen LogP contribution in [0.3, 0.4) is 0 Å². The minimum Gasteiger partial charge on any atom is -0.343 e. The molecule has 2 atom stereocenters. The maximum atomic E-state index is 6.72. The smallest absolute Gasteiger partial charge is 0.136 e. The topological polar surface area (TPSA) is 71.4 Å². The van der Waals surface area contributed by atoms with E-state index in [2.05, 4.69) is 39.0 Å². The Kier molecular flexibility index (Phi) is 6.11. The Morgan fingerprint density at radius 2 is 1.69 bits per heavy atom. The maximum absolute atomic E-state index is 6.72. The van der Waals surface area contributed by atoms with E-state index in [0.29, 0.717) is 5.02 Å². The summed E-state index contributed by atoms with van der Waals surface area (Å²) >= 11 is 6.30. The van der Waals surface area contributed by atoms with Crippen LogP contribution < -0.4 is 16.4 Å². The molecule has 150 valence electrons. The van der Waals surface area contributed by atoms with Gasteiger partial charge in [-0.2, -0.15) is 0 Å². The van der Waals surface area contributed by atoms with Gasteiger partial charge in [-0.15, -0.1) is 0 Å². The fraction of sp³-hybridized carbons (Fsp3) is 0.261. The highest BCUT2D eigenvalue weighted by atomic mass is 35.5. The predicted octanol–water partition coefficient (Wildman–Crippen LogP) is 3.54. The Morgan fingerprint density at radius 3 is 2.45 bits per heavy atom. The van der Waals surface area contributed by atoms with Crippen LogP contribution in [-0.4, -0.2) is 29.3 Å². The lowest BCUT2D eigenvalue weighted by atomic mass is 10.0. The van der Waals surface area contributed by atoms with Crippen molar-refractivity contribution in [3.8, 4) is 0 Å². The highest BCUT2D eigenvalue weighted by Crippen LogP contribution is 2.36. The van der Waals surface area contributed by atoms with Crippen molar-refractivity contribution in [2.75, 3.05) is 18.0 Å². The van der Waals surface area contributed by atoms with Gasteiger partial charge in [0.15, 0.2) is 0 Å². The van der Waals surface area contributed by atoms with E-state index >= 15 is 0 Å². The Morgan fingerprint density at radius 1 is 0.897 bits per heavy atom. The summed E-state index contributed by atoms with van der Waals surface area (Å²) < 4.78 is 0. The van der Waals surface area contributed by atoms with E-state index in [9.17, 15) is 0 Å². The number of pyridine rings is 1. The Labute approximate surface area is 176 Å². The molecule has 0 spiro atoms. The molecule has 3 aromatic rings. The molecule has 0 saturated carbocycles. The number of nitrogens with two attached hydrogens (primary N) is 2. The minimum absolute atomic E-state index is 0.283. The van der Waals surface area contributed by atoms with Crippen molar-refractivity contribution in [1.29, 1.82) is 0 Å². The summed E-state index contributed by atoms with van der Waals surface area (Å²) in [5, 5.41) is 0.690. The normalized spacial score (nSPS) is 19.2. The summed E-state index contributed by atoms with van der Waals surface area (Å²) in [6.45, 7) is 1.51. The van der Waals surface area contributed by atoms with Gasteiger partial charge in [-0.25, -0.2) is 0 Å². The van der Waals surface area contributed by atoms with Gasteiger partial charge in [-0.05, 0) is 36.2 Å². The van der Waals surface area contributed by atoms with E-state index in [1.165, 1.54) is 5.56 Å². The molecule has 5 nitrogen and oxygen atoms in total. The fourth-order valence-electron chi connectivity index (χ4n) is 3.89. The van der Waals surface area contributed by atoms with Crippen LogP contribution in [-0.2, 0) is 12.8 Å². The summed E-state index contributed by atoms with van der Waals surface area (Å²) in [4.78, 5) is 8.76. The summed E-state index contributed by atoms with van der Waals surface area (Å²) in [5.74, 6) is 0. The quantitative estimate of drug-likeness (QED) is 0.653. The van der Waals surface area contributed by atoms with Gasteiger partial charge in [0.1, 0.15) is 6.29 Å². The third-order valence-electron chi connectivity index (χ3n) is 5.47. The van der Waals surface area contributed by atoms with E-state index in [1.807, 2.05) is 48.7 Å². The number of hydrogen-bond donors (Lipinski definition) is 2. The van der Waals surface area contributed by atoms with Crippen molar-refractivity contribution < 1.29 is 0 Å². The van der Waals surface area contributed by atoms with Crippen LogP contribution in [0, 0.1) is 0 Å². The van der Waals surface area contributed by atoms with Gasteiger partial charge in [0.25, 0.3) is 0 Å². The summed E-state index contributed by atoms with van der Waals surface area (Å²) in [7, 11) is 0. The Bertz CT molecular complexity index is 935. The lowest BCUT2D eigenvalue weighted by molar-refractivity contribution is 0.124. The molecule has 4 N–H and O–H groups in total. The van der Waals surface area contributed by atoms with Crippen molar-refractivity contribution >= 4 is 17.3 Å². The van der Waals surface area contributed by atoms with E-state index in [1.54, 1.807) is 0 Å². The molecule has 0 amide bonds. The number of hydrogen-bond acceptors (Lipinski definition) is 5. The van der Waals surface area contributed by atoms with Crippen molar-refractivity contribution in [1.82, 2.24) is 9.88 Å². The van der Waals surface area contributed by atoms with Gasteiger partial charge in [-0.3, -0.25) is 15.6 Å². The third kappa shape index (κ3) is 4.43. The molecule has 6 heteroatoms. The van der Waals surface area contributed by atoms with Gasteiger partial charge in [-0.1, -0.05) is 54.1 Å². The van der Waals surface area contributed by atoms with Gasteiger partial charge in [0.05, 0.1) is 6.17 Å². The van der Waals surface area contributed by atoms with Gasteiger partial charge < -0.3 is 10.6 Å². The number of halogens is 1. The van der Waals surface area contributed by atoms with E-state index in [-0.39, 0.29) is 12.5 Å². The first kappa shape index (κ1) is 19.9. The van der Waals surface area contributed by atoms with E-state index in [4.69, 9.17) is 23.1 Å². The highest BCUT2D eigenvalue weighted by Gasteiger charge is 2.35. The molecule has 0 saturated heterocycles. The molecule has 1 aliphatic rings. The first-order valence-electron chi connectivity index (χ1n) is 9.90. The lowest BCUT2D eigenvalue weighted by Gasteiger charge is -2.47. The Balaban J connectivity index is 1.58. The number of aromatic nitrogens is 1. The molecule has 2 heterocycles. The maximum Gasteiger partial charge on any atom is 0.136 e. The van der Waals surface area contributed by atoms with Gasteiger partial charge in [0.2, 0.25) is 0 Å². The Hall–Kier alpha value is -2.44. The second-order valence-corrected chi connectivity index (χ2v) is 7.74. The van der Waals surface area contributed by atoms with Crippen LogP contribution in [0.2, 0.25) is 5.02 Å². The number of rotatable bonds is 6. The lowest BCUT2D eigenvalue weighted by Crippen LogP contribution is -2.61. The highest BCUT2D eigenvalue weighted by molar-refractivity contribution is 6.30. The summed E-state index contributed by atoms with van der Waals surface area (Å²) in [5.41, 5.74) is 17.7. The van der Waals surface area contributed by atoms with Crippen molar-refractivity contribution in [2.45, 2.75) is 25.3 Å². The average Bonchev–Trinajstić information content (AvgIpc) is 2.75. The fourth-order valence-corrected chi connectivity index (χ4v) is 4.05. The zero-order valence-corrected chi connectivity index (χ0v) is 17.0. The van der Waals surface area contributed by atoms with Crippen molar-refractivity contribution in [3.63, 3.8) is 0 Å². The van der Waals surface area contributed by atoms with Crippen LogP contribution in [0.1, 0.15) is 23.0 Å². The number of fused-ring (bicyclic) bond motifs is 1. The molecular formula is C23H26ClN5. The molecule has 2 aromatic carbocycles. The summed E-state index contributed by atoms with van der Waals surface area (Å²) in [6, 6.07) is 22.3. The van der Waals surface area contributed by atoms with E-state index in [0.717, 1.165) is 42.9 Å². The van der Waals surface area contributed by atoms with Crippen molar-refractivity contribution in [2.24, 2.45) is 11.5 Å². The van der Waals surface area contributed by atoms with Gasteiger partial charge >= 0.3 is 0 Å². The van der Waals surface area contributed by atoms with Crippen LogP contribution in [0.4, 0.5) is 5.69 Å². The molecule has 0 aliphatic carbocycles. The largest absolute Gasteiger partial charge is 0.343 e. The first-order valence-corrected chi connectivity index (χ1v) is 10.3. The zero-order chi connectivity index (χ0) is 20.2. The van der Waals surface area contributed by atoms with E-state index < -0.39 is 0 Å². The van der Waals surface area contributed by atoms with Crippen LogP contribution in [0.15, 0.2) is 72.9 Å². The average molecular weight is 408 g/mol. The monoisotopic (exact) mass is 407 g/mol. The number of anilines is 1. The number of benzene rings is 2. The predicted molar refractivity (Wildman–Crippen MR) is 118 cm³/mol. The van der Waals surface area contributed by atoms with Crippen LogP contribution in [0.25, 0.3) is 0 Å². The molecule has 0 fully saturated rings.